The first-order valence-electron chi connectivity index (χ1n) is 6.95. The fraction of sp³-hybridized carbons (Fsp3) is 0.714. The van der Waals surface area contributed by atoms with Crippen LogP contribution >= 0.6 is 0 Å². The van der Waals surface area contributed by atoms with Crippen LogP contribution < -0.4 is 5.32 Å². The number of rotatable bonds is 4. The van der Waals surface area contributed by atoms with Crippen molar-refractivity contribution in [2.45, 2.75) is 45.6 Å². The van der Waals surface area contributed by atoms with E-state index in [4.69, 9.17) is 4.52 Å². The SMILES string of the molecule is Cc1cc(C(=O)NCC(C)(C)N2CCCCC2)on1. The van der Waals surface area contributed by atoms with Gasteiger partial charge in [0.05, 0.1) is 5.69 Å². The first kappa shape index (κ1) is 14.1. The van der Waals surface area contributed by atoms with Gasteiger partial charge in [0.2, 0.25) is 5.76 Å². The number of piperidine rings is 1. The number of nitrogens with one attached hydrogen (secondary N) is 1. The van der Waals surface area contributed by atoms with E-state index in [-0.39, 0.29) is 17.2 Å². The minimum Gasteiger partial charge on any atom is -0.351 e. The summed E-state index contributed by atoms with van der Waals surface area (Å²) in [5.74, 6) is 0.0950. The van der Waals surface area contributed by atoms with E-state index in [2.05, 4.69) is 29.2 Å². The topological polar surface area (TPSA) is 58.4 Å². The van der Waals surface area contributed by atoms with Crippen molar-refractivity contribution in [3.8, 4) is 0 Å². The summed E-state index contributed by atoms with van der Waals surface area (Å²) in [5.41, 5.74) is 0.700. The van der Waals surface area contributed by atoms with Crippen molar-refractivity contribution in [2.75, 3.05) is 19.6 Å². The lowest BCUT2D eigenvalue weighted by Crippen LogP contribution is -2.53. The van der Waals surface area contributed by atoms with Gasteiger partial charge in [-0.3, -0.25) is 9.69 Å². The van der Waals surface area contributed by atoms with Crippen molar-refractivity contribution in [2.24, 2.45) is 0 Å². The normalized spacial score (nSPS) is 17.4. The molecule has 2 rings (SSSR count). The standard InChI is InChI=1S/C14H23N3O2/c1-11-9-12(19-16-11)13(18)15-10-14(2,3)17-7-5-4-6-8-17/h9H,4-8,10H2,1-3H3,(H,15,18). The predicted molar refractivity (Wildman–Crippen MR) is 73.1 cm³/mol. The zero-order valence-corrected chi connectivity index (χ0v) is 12.0. The van der Waals surface area contributed by atoms with Crippen LogP contribution in [0.4, 0.5) is 0 Å². The summed E-state index contributed by atoms with van der Waals surface area (Å²) in [7, 11) is 0. The Morgan fingerprint density at radius 3 is 2.68 bits per heavy atom. The molecule has 1 N–H and O–H groups in total. The molecule has 5 heteroatoms. The highest BCUT2D eigenvalue weighted by Gasteiger charge is 2.28. The molecular weight excluding hydrogens is 242 g/mol. The summed E-state index contributed by atoms with van der Waals surface area (Å²) in [6.45, 7) is 8.99. The van der Waals surface area contributed by atoms with Crippen molar-refractivity contribution < 1.29 is 9.32 Å². The Balaban J connectivity index is 1.88. The molecule has 1 aromatic heterocycles. The second-order valence-corrected chi connectivity index (χ2v) is 5.88. The van der Waals surface area contributed by atoms with Gasteiger partial charge >= 0.3 is 0 Å². The van der Waals surface area contributed by atoms with Gasteiger partial charge in [0.15, 0.2) is 0 Å². The highest BCUT2D eigenvalue weighted by molar-refractivity contribution is 5.91. The molecule has 1 aliphatic rings. The number of hydrogen-bond acceptors (Lipinski definition) is 4. The molecule has 1 aromatic rings. The summed E-state index contributed by atoms with van der Waals surface area (Å²) in [6.07, 6.45) is 3.81. The third-order valence-corrected chi connectivity index (χ3v) is 3.75. The fourth-order valence-corrected chi connectivity index (χ4v) is 2.47. The monoisotopic (exact) mass is 265 g/mol. The molecule has 0 saturated carbocycles. The minimum atomic E-state index is -0.189. The molecule has 5 nitrogen and oxygen atoms in total. The average Bonchev–Trinajstić information content (AvgIpc) is 2.84. The van der Waals surface area contributed by atoms with Gasteiger partial charge in [0.25, 0.3) is 5.91 Å². The van der Waals surface area contributed by atoms with Gasteiger partial charge < -0.3 is 9.84 Å². The molecule has 19 heavy (non-hydrogen) atoms. The maximum absolute atomic E-state index is 11.9. The number of nitrogens with zero attached hydrogens (tertiary/aromatic N) is 2. The molecular formula is C14H23N3O2. The zero-order valence-electron chi connectivity index (χ0n) is 12.0. The van der Waals surface area contributed by atoms with Gasteiger partial charge in [-0.25, -0.2) is 0 Å². The molecule has 0 aliphatic carbocycles. The van der Waals surface area contributed by atoms with Crippen molar-refractivity contribution in [3.05, 3.63) is 17.5 Å². The van der Waals surface area contributed by atoms with Crippen LogP contribution in [0.15, 0.2) is 10.6 Å². The summed E-state index contributed by atoms with van der Waals surface area (Å²) < 4.78 is 4.96. The molecule has 0 spiro atoms. The number of hydrogen-bond donors (Lipinski definition) is 1. The van der Waals surface area contributed by atoms with Crippen LogP contribution in [-0.4, -0.2) is 41.1 Å². The maximum atomic E-state index is 11.9. The van der Waals surface area contributed by atoms with Crippen LogP contribution in [-0.2, 0) is 0 Å². The number of likely N-dealkylation sites (tertiary alicyclic amines) is 1. The number of carbonyl (C=O) groups excluding carboxylic acids is 1. The summed E-state index contributed by atoms with van der Waals surface area (Å²) in [5, 5.41) is 6.66. The molecule has 0 unspecified atom stereocenters. The van der Waals surface area contributed by atoms with E-state index in [0.717, 1.165) is 18.8 Å². The van der Waals surface area contributed by atoms with Crippen LogP contribution in [0.3, 0.4) is 0 Å². The van der Waals surface area contributed by atoms with Crippen LogP contribution in [0, 0.1) is 6.92 Å². The third-order valence-electron chi connectivity index (χ3n) is 3.75. The Kier molecular flexibility index (Phi) is 4.24. The lowest BCUT2D eigenvalue weighted by Gasteiger charge is -2.41. The van der Waals surface area contributed by atoms with Crippen molar-refractivity contribution in [1.82, 2.24) is 15.4 Å². The second-order valence-electron chi connectivity index (χ2n) is 5.88. The van der Waals surface area contributed by atoms with Gasteiger partial charge in [0, 0.05) is 18.2 Å². The lowest BCUT2D eigenvalue weighted by atomic mass is 9.98. The Labute approximate surface area is 114 Å². The maximum Gasteiger partial charge on any atom is 0.289 e. The van der Waals surface area contributed by atoms with Crippen LogP contribution in [0.1, 0.15) is 49.4 Å². The molecule has 0 radical (unpaired) electrons. The average molecular weight is 265 g/mol. The number of aryl methyl sites for hydroxylation is 1. The molecule has 0 aromatic carbocycles. The Morgan fingerprint density at radius 1 is 1.42 bits per heavy atom. The van der Waals surface area contributed by atoms with Gasteiger partial charge in [-0.05, 0) is 46.7 Å². The smallest absolute Gasteiger partial charge is 0.289 e. The van der Waals surface area contributed by atoms with Gasteiger partial charge in [-0.15, -0.1) is 0 Å². The minimum absolute atomic E-state index is 0.0227. The van der Waals surface area contributed by atoms with E-state index in [0.29, 0.717) is 6.54 Å². The fourth-order valence-electron chi connectivity index (χ4n) is 2.47. The van der Waals surface area contributed by atoms with Crippen molar-refractivity contribution in [3.63, 3.8) is 0 Å². The number of aromatic nitrogens is 1. The van der Waals surface area contributed by atoms with Crippen LogP contribution in [0.25, 0.3) is 0 Å². The Bertz CT molecular complexity index is 434. The van der Waals surface area contributed by atoms with E-state index in [1.165, 1.54) is 19.3 Å². The highest BCUT2D eigenvalue weighted by atomic mass is 16.5. The van der Waals surface area contributed by atoms with E-state index < -0.39 is 0 Å². The third kappa shape index (κ3) is 3.56. The Morgan fingerprint density at radius 2 is 2.11 bits per heavy atom. The largest absolute Gasteiger partial charge is 0.351 e. The molecule has 0 bridgehead atoms. The number of amides is 1. The first-order valence-corrected chi connectivity index (χ1v) is 6.95. The summed E-state index contributed by atoms with van der Waals surface area (Å²) in [6, 6.07) is 1.66. The van der Waals surface area contributed by atoms with Crippen LogP contribution in [0.5, 0.6) is 0 Å². The van der Waals surface area contributed by atoms with E-state index >= 15 is 0 Å². The highest BCUT2D eigenvalue weighted by Crippen LogP contribution is 2.19. The van der Waals surface area contributed by atoms with Crippen molar-refractivity contribution >= 4 is 5.91 Å². The van der Waals surface area contributed by atoms with E-state index in [9.17, 15) is 4.79 Å². The first-order chi connectivity index (χ1) is 8.99. The van der Waals surface area contributed by atoms with Crippen molar-refractivity contribution in [1.29, 1.82) is 0 Å². The Hall–Kier alpha value is -1.36. The molecule has 2 heterocycles. The van der Waals surface area contributed by atoms with Gasteiger partial charge in [-0.1, -0.05) is 11.6 Å². The molecule has 1 aliphatic heterocycles. The molecule has 1 saturated heterocycles. The van der Waals surface area contributed by atoms with Gasteiger partial charge in [0.1, 0.15) is 0 Å². The molecule has 0 atom stereocenters. The lowest BCUT2D eigenvalue weighted by molar-refractivity contribution is 0.0773. The summed E-state index contributed by atoms with van der Waals surface area (Å²) >= 11 is 0. The molecule has 1 amide bonds. The predicted octanol–water partition coefficient (Wildman–Crippen LogP) is 1.98. The van der Waals surface area contributed by atoms with Gasteiger partial charge in [-0.2, -0.15) is 0 Å². The quantitative estimate of drug-likeness (QED) is 0.904. The zero-order chi connectivity index (χ0) is 13.9. The van der Waals surface area contributed by atoms with Crippen LogP contribution in [0.2, 0.25) is 0 Å². The van der Waals surface area contributed by atoms with E-state index in [1.54, 1.807) is 13.0 Å². The summed E-state index contributed by atoms with van der Waals surface area (Å²) in [4.78, 5) is 14.4. The molecule has 106 valence electrons. The molecule has 1 fully saturated rings. The van der Waals surface area contributed by atoms with E-state index in [1.807, 2.05) is 0 Å². The number of carbonyl (C=O) groups is 1. The second kappa shape index (κ2) is 5.74.